The summed E-state index contributed by atoms with van der Waals surface area (Å²) in [6.07, 6.45) is 2.45. The molecule has 0 amide bonds. The Labute approximate surface area is 105 Å². The molecule has 0 spiro atoms. The molecule has 4 nitrogen and oxygen atoms in total. The van der Waals surface area contributed by atoms with Crippen LogP contribution in [-0.2, 0) is 6.61 Å². The molecule has 0 aliphatic carbocycles. The molecule has 0 aliphatic rings. The van der Waals surface area contributed by atoms with Crippen molar-refractivity contribution in [2.75, 3.05) is 7.11 Å². The number of rotatable bonds is 5. The van der Waals surface area contributed by atoms with Crippen molar-refractivity contribution in [3.05, 3.63) is 53.9 Å². The fraction of sp³-hybridized carbons (Fsp3) is 0.143. The van der Waals surface area contributed by atoms with Gasteiger partial charge in [-0.1, -0.05) is 12.1 Å². The van der Waals surface area contributed by atoms with Gasteiger partial charge in [-0.2, -0.15) is 0 Å². The molecule has 0 aliphatic heterocycles. The molecule has 0 atom stereocenters. The standard InChI is InChI=1S/C14H13NO3/c1-17-14-11(9-16)5-4-7-13(14)18-10-12-6-2-3-8-15-12/h2-9H,10H2,1H3. The monoisotopic (exact) mass is 243 g/mol. The van der Waals surface area contributed by atoms with E-state index in [1.165, 1.54) is 7.11 Å². The Morgan fingerprint density at radius 3 is 2.78 bits per heavy atom. The van der Waals surface area contributed by atoms with Crippen LogP contribution in [-0.4, -0.2) is 18.4 Å². The van der Waals surface area contributed by atoms with E-state index in [-0.39, 0.29) is 0 Å². The van der Waals surface area contributed by atoms with Crippen molar-refractivity contribution < 1.29 is 14.3 Å². The van der Waals surface area contributed by atoms with Crippen LogP contribution in [0.15, 0.2) is 42.6 Å². The highest BCUT2D eigenvalue weighted by Gasteiger charge is 2.09. The number of pyridine rings is 1. The van der Waals surface area contributed by atoms with Gasteiger partial charge in [-0.05, 0) is 24.3 Å². The van der Waals surface area contributed by atoms with E-state index in [1.807, 2.05) is 18.2 Å². The zero-order chi connectivity index (χ0) is 12.8. The number of hydrogen-bond donors (Lipinski definition) is 0. The fourth-order valence-corrected chi connectivity index (χ4v) is 1.59. The molecule has 4 heteroatoms. The van der Waals surface area contributed by atoms with Crippen LogP contribution in [0.4, 0.5) is 0 Å². The third-order valence-electron chi connectivity index (χ3n) is 2.44. The zero-order valence-electron chi connectivity index (χ0n) is 10.00. The van der Waals surface area contributed by atoms with Gasteiger partial charge in [0.2, 0.25) is 0 Å². The lowest BCUT2D eigenvalue weighted by molar-refractivity contribution is 0.111. The first-order valence-electron chi connectivity index (χ1n) is 5.50. The summed E-state index contributed by atoms with van der Waals surface area (Å²) < 4.78 is 10.8. The lowest BCUT2D eigenvalue weighted by Crippen LogP contribution is -2.00. The van der Waals surface area contributed by atoms with Gasteiger partial charge >= 0.3 is 0 Å². The van der Waals surface area contributed by atoms with Crippen LogP contribution in [0.5, 0.6) is 11.5 Å². The van der Waals surface area contributed by atoms with E-state index in [2.05, 4.69) is 4.98 Å². The van der Waals surface area contributed by atoms with Crippen LogP contribution in [0.3, 0.4) is 0 Å². The topological polar surface area (TPSA) is 48.4 Å². The number of carbonyl (C=O) groups is 1. The summed E-state index contributed by atoms with van der Waals surface area (Å²) in [6, 6.07) is 10.8. The van der Waals surface area contributed by atoms with E-state index < -0.39 is 0 Å². The van der Waals surface area contributed by atoms with Crippen molar-refractivity contribution in [1.82, 2.24) is 4.98 Å². The van der Waals surface area contributed by atoms with Crippen LogP contribution < -0.4 is 9.47 Å². The molecule has 2 aromatic rings. The van der Waals surface area contributed by atoms with Crippen molar-refractivity contribution in [3.8, 4) is 11.5 Å². The second kappa shape index (κ2) is 5.82. The summed E-state index contributed by atoms with van der Waals surface area (Å²) in [5.74, 6) is 0.983. The number of ether oxygens (including phenoxy) is 2. The number of benzene rings is 1. The van der Waals surface area contributed by atoms with Crippen molar-refractivity contribution in [2.24, 2.45) is 0 Å². The summed E-state index contributed by atoms with van der Waals surface area (Å²) in [5, 5.41) is 0. The SMILES string of the molecule is COc1c(C=O)cccc1OCc1ccccn1. The fourth-order valence-electron chi connectivity index (χ4n) is 1.59. The van der Waals surface area contributed by atoms with Gasteiger partial charge in [0.25, 0.3) is 0 Å². The van der Waals surface area contributed by atoms with Gasteiger partial charge in [-0.3, -0.25) is 9.78 Å². The molecule has 1 aromatic heterocycles. The molecular weight excluding hydrogens is 230 g/mol. The third kappa shape index (κ3) is 2.66. The summed E-state index contributed by atoms with van der Waals surface area (Å²) in [7, 11) is 1.51. The van der Waals surface area contributed by atoms with E-state index in [0.717, 1.165) is 12.0 Å². The Hall–Kier alpha value is -2.36. The van der Waals surface area contributed by atoms with Crippen molar-refractivity contribution in [1.29, 1.82) is 0 Å². The molecule has 92 valence electrons. The number of methoxy groups -OCH3 is 1. The average molecular weight is 243 g/mol. The van der Waals surface area contributed by atoms with Gasteiger partial charge in [0.1, 0.15) is 6.61 Å². The minimum absolute atomic E-state index is 0.333. The smallest absolute Gasteiger partial charge is 0.171 e. The van der Waals surface area contributed by atoms with Crippen LogP contribution in [0.2, 0.25) is 0 Å². The Balaban J connectivity index is 2.16. The second-order valence-electron chi connectivity index (χ2n) is 3.61. The van der Waals surface area contributed by atoms with E-state index >= 15 is 0 Å². The minimum Gasteiger partial charge on any atom is -0.492 e. The Kier molecular flexibility index (Phi) is 3.91. The minimum atomic E-state index is 0.333. The first kappa shape index (κ1) is 12.1. The molecule has 0 unspecified atom stereocenters. The maximum Gasteiger partial charge on any atom is 0.171 e. The predicted octanol–water partition coefficient (Wildman–Crippen LogP) is 2.48. The number of para-hydroxylation sites is 1. The molecule has 2 rings (SSSR count). The summed E-state index contributed by atoms with van der Waals surface area (Å²) in [4.78, 5) is 15.0. The quantitative estimate of drug-likeness (QED) is 0.757. The number of hydrogen-bond acceptors (Lipinski definition) is 4. The van der Waals surface area contributed by atoms with Gasteiger partial charge in [0, 0.05) is 6.20 Å². The lowest BCUT2D eigenvalue weighted by atomic mass is 10.2. The molecule has 0 radical (unpaired) electrons. The summed E-state index contributed by atoms with van der Waals surface area (Å²) in [6.45, 7) is 0.333. The van der Waals surface area contributed by atoms with E-state index in [1.54, 1.807) is 24.4 Å². The molecule has 1 heterocycles. The van der Waals surface area contributed by atoms with Crippen molar-refractivity contribution in [2.45, 2.75) is 6.61 Å². The molecule has 0 bridgehead atoms. The molecule has 0 saturated carbocycles. The molecular formula is C14H13NO3. The number of carbonyl (C=O) groups excluding carboxylic acids is 1. The van der Waals surface area contributed by atoms with Crippen LogP contribution in [0.1, 0.15) is 16.1 Å². The van der Waals surface area contributed by atoms with Gasteiger partial charge in [0.05, 0.1) is 18.4 Å². The molecule has 0 saturated heterocycles. The molecule has 0 fully saturated rings. The molecule has 18 heavy (non-hydrogen) atoms. The van der Waals surface area contributed by atoms with E-state index in [4.69, 9.17) is 9.47 Å². The Morgan fingerprint density at radius 1 is 1.22 bits per heavy atom. The molecule has 0 N–H and O–H groups in total. The highest BCUT2D eigenvalue weighted by molar-refractivity contribution is 5.81. The summed E-state index contributed by atoms with van der Waals surface area (Å²) in [5.41, 5.74) is 1.28. The zero-order valence-corrected chi connectivity index (χ0v) is 10.00. The second-order valence-corrected chi connectivity index (χ2v) is 3.61. The number of nitrogens with zero attached hydrogens (tertiary/aromatic N) is 1. The van der Waals surface area contributed by atoms with Gasteiger partial charge < -0.3 is 9.47 Å². The predicted molar refractivity (Wildman–Crippen MR) is 67.0 cm³/mol. The van der Waals surface area contributed by atoms with Crippen molar-refractivity contribution >= 4 is 6.29 Å². The van der Waals surface area contributed by atoms with Crippen LogP contribution in [0, 0.1) is 0 Å². The Morgan fingerprint density at radius 2 is 2.11 bits per heavy atom. The third-order valence-corrected chi connectivity index (χ3v) is 2.44. The van der Waals surface area contributed by atoms with Crippen molar-refractivity contribution in [3.63, 3.8) is 0 Å². The normalized spacial score (nSPS) is 9.83. The van der Waals surface area contributed by atoms with E-state index in [0.29, 0.717) is 23.7 Å². The average Bonchev–Trinajstić information content (AvgIpc) is 2.45. The van der Waals surface area contributed by atoms with Crippen LogP contribution >= 0.6 is 0 Å². The maximum absolute atomic E-state index is 10.9. The van der Waals surface area contributed by atoms with Gasteiger partial charge in [-0.25, -0.2) is 0 Å². The number of aldehydes is 1. The first-order chi connectivity index (χ1) is 8.85. The van der Waals surface area contributed by atoms with E-state index in [9.17, 15) is 4.79 Å². The highest BCUT2D eigenvalue weighted by atomic mass is 16.5. The van der Waals surface area contributed by atoms with Crippen LogP contribution in [0.25, 0.3) is 0 Å². The highest BCUT2D eigenvalue weighted by Crippen LogP contribution is 2.30. The largest absolute Gasteiger partial charge is 0.492 e. The molecule has 1 aromatic carbocycles. The lowest BCUT2D eigenvalue weighted by Gasteiger charge is -2.11. The first-order valence-corrected chi connectivity index (χ1v) is 5.50. The van der Waals surface area contributed by atoms with Gasteiger partial charge in [-0.15, -0.1) is 0 Å². The summed E-state index contributed by atoms with van der Waals surface area (Å²) >= 11 is 0. The maximum atomic E-state index is 10.9. The number of aromatic nitrogens is 1. The van der Waals surface area contributed by atoms with Gasteiger partial charge in [0.15, 0.2) is 17.8 Å². The Bertz CT molecular complexity index is 526.